The topological polar surface area (TPSA) is 41.6 Å². The molecule has 1 aromatic carbocycles. The SMILES string of the molecule is COc1cc(C(=O)N2CCC3(CCNC3)C2)ccc1F.Cl. The number of hydrogen-bond donors (Lipinski definition) is 1. The summed E-state index contributed by atoms with van der Waals surface area (Å²) in [4.78, 5) is 14.4. The van der Waals surface area contributed by atoms with E-state index < -0.39 is 5.82 Å². The van der Waals surface area contributed by atoms with Gasteiger partial charge in [-0.05, 0) is 37.6 Å². The molecule has 3 rings (SSSR count). The third-order valence-corrected chi connectivity index (χ3v) is 4.46. The highest BCUT2D eigenvalue weighted by atomic mass is 35.5. The lowest BCUT2D eigenvalue weighted by Crippen LogP contribution is -2.33. The molecule has 1 aromatic rings. The molecule has 2 saturated heterocycles. The van der Waals surface area contributed by atoms with Crippen LogP contribution in [0.3, 0.4) is 0 Å². The van der Waals surface area contributed by atoms with Crippen LogP contribution < -0.4 is 10.1 Å². The summed E-state index contributed by atoms with van der Waals surface area (Å²) in [6.45, 7) is 3.59. The molecule has 2 aliphatic heterocycles. The van der Waals surface area contributed by atoms with Gasteiger partial charge in [-0.2, -0.15) is 0 Å². The predicted molar refractivity (Wildman–Crippen MR) is 80.6 cm³/mol. The Morgan fingerprint density at radius 2 is 2.24 bits per heavy atom. The molecule has 0 saturated carbocycles. The normalized spacial score (nSPS) is 24.2. The van der Waals surface area contributed by atoms with Gasteiger partial charge in [0.25, 0.3) is 5.91 Å². The Kier molecular flexibility index (Phi) is 4.74. The Morgan fingerprint density at radius 3 is 2.90 bits per heavy atom. The molecule has 2 aliphatic rings. The molecule has 1 amide bonds. The number of halogens is 2. The maximum Gasteiger partial charge on any atom is 0.254 e. The zero-order valence-electron chi connectivity index (χ0n) is 12.0. The first-order chi connectivity index (χ1) is 9.63. The summed E-state index contributed by atoms with van der Waals surface area (Å²) in [5, 5.41) is 3.37. The molecule has 2 fully saturated rings. The number of carbonyl (C=O) groups is 1. The van der Waals surface area contributed by atoms with Crippen LogP contribution in [0.15, 0.2) is 18.2 Å². The van der Waals surface area contributed by atoms with Gasteiger partial charge in [-0.25, -0.2) is 4.39 Å². The highest BCUT2D eigenvalue weighted by molar-refractivity contribution is 5.94. The van der Waals surface area contributed by atoms with E-state index in [1.165, 1.54) is 25.3 Å². The van der Waals surface area contributed by atoms with Crippen molar-refractivity contribution >= 4 is 18.3 Å². The molecule has 21 heavy (non-hydrogen) atoms. The van der Waals surface area contributed by atoms with Crippen LogP contribution in [0.2, 0.25) is 0 Å². The molecule has 1 spiro atoms. The van der Waals surface area contributed by atoms with Crippen LogP contribution >= 0.6 is 12.4 Å². The standard InChI is InChI=1S/C15H19FN2O2.ClH/c1-20-13-8-11(2-3-12(13)16)14(19)18-7-5-15(10-18)4-6-17-9-15;/h2-3,8,17H,4-7,9-10H2,1H3;1H. The second-order valence-electron chi connectivity index (χ2n) is 5.75. The molecule has 1 atom stereocenters. The number of amides is 1. The summed E-state index contributed by atoms with van der Waals surface area (Å²) in [5.41, 5.74) is 0.742. The summed E-state index contributed by atoms with van der Waals surface area (Å²) < 4.78 is 18.3. The molecule has 1 unspecified atom stereocenters. The van der Waals surface area contributed by atoms with E-state index in [9.17, 15) is 9.18 Å². The fourth-order valence-electron chi connectivity index (χ4n) is 3.23. The van der Waals surface area contributed by atoms with Gasteiger partial charge in [0, 0.05) is 30.6 Å². The van der Waals surface area contributed by atoms with Crippen molar-refractivity contribution in [2.24, 2.45) is 5.41 Å². The van der Waals surface area contributed by atoms with E-state index in [4.69, 9.17) is 4.74 Å². The number of likely N-dealkylation sites (tertiary alicyclic amines) is 1. The van der Waals surface area contributed by atoms with Gasteiger partial charge in [0.05, 0.1) is 7.11 Å². The van der Waals surface area contributed by atoms with Crippen LogP contribution in [0.1, 0.15) is 23.2 Å². The van der Waals surface area contributed by atoms with E-state index in [2.05, 4.69) is 5.32 Å². The molecule has 0 aromatic heterocycles. The largest absolute Gasteiger partial charge is 0.494 e. The Balaban J connectivity index is 0.00000161. The summed E-state index contributed by atoms with van der Waals surface area (Å²) in [6, 6.07) is 4.29. The molecule has 6 heteroatoms. The van der Waals surface area contributed by atoms with Crippen LogP contribution in [-0.4, -0.2) is 44.1 Å². The monoisotopic (exact) mass is 314 g/mol. The Morgan fingerprint density at radius 1 is 1.43 bits per heavy atom. The number of ether oxygens (including phenoxy) is 1. The van der Waals surface area contributed by atoms with Crippen LogP contribution in [0, 0.1) is 11.2 Å². The number of methoxy groups -OCH3 is 1. The van der Waals surface area contributed by atoms with Gasteiger partial charge in [-0.1, -0.05) is 0 Å². The van der Waals surface area contributed by atoms with Crippen molar-refractivity contribution in [2.45, 2.75) is 12.8 Å². The zero-order valence-corrected chi connectivity index (χ0v) is 12.8. The molecule has 0 aliphatic carbocycles. The van der Waals surface area contributed by atoms with Crippen molar-refractivity contribution < 1.29 is 13.9 Å². The van der Waals surface area contributed by atoms with E-state index >= 15 is 0 Å². The van der Waals surface area contributed by atoms with Crippen LogP contribution in [-0.2, 0) is 0 Å². The van der Waals surface area contributed by atoms with E-state index in [-0.39, 0.29) is 29.5 Å². The Labute approximate surface area is 130 Å². The first-order valence-corrected chi connectivity index (χ1v) is 6.97. The molecule has 4 nitrogen and oxygen atoms in total. The van der Waals surface area contributed by atoms with Crippen molar-refractivity contribution in [3.8, 4) is 5.75 Å². The quantitative estimate of drug-likeness (QED) is 0.909. The van der Waals surface area contributed by atoms with Gasteiger partial charge in [0.1, 0.15) is 0 Å². The van der Waals surface area contributed by atoms with Crippen molar-refractivity contribution in [2.75, 3.05) is 33.3 Å². The third kappa shape index (κ3) is 2.99. The number of rotatable bonds is 2. The van der Waals surface area contributed by atoms with Gasteiger partial charge in [-0.15, -0.1) is 12.4 Å². The van der Waals surface area contributed by atoms with Crippen LogP contribution in [0.25, 0.3) is 0 Å². The second-order valence-corrected chi connectivity index (χ2v) is 5.75. The maximum atomic E-state index is 13.4. The van der Waals surface area contributed by atoms with Gasteiger partial charge >= 0.3 is 0 Å². The number of nitrogens with zero attached hydrogens (tertiary/aromatic N) is 1. The van der Waals surface area contributed by atoms with Crippen molar-refractivity contribution in [3.05, 3.63) is 29.6 Å². The average Bonchev–Trinajstić information content (AvgIpc) is 3.09. The van der Waals surface area contributed by atoms with E-state index in [1.54, 1.807) is 0 Å². The second kappa shape index (κ2) is 6.20. The zero-order chi connectivity index (χ0) is 14.2. The van der Waals surface area contributed by atoms with Crippen molar-refractivity contribution in [1.82, 2.24) is 10.2 Å². The highest BCUT2D eigenvalue weighted by Crippen LogP contribution is 2.36. The fraction of sp³-hybridized carbons (Fsp3) is 0.533. The molecule has 0 bridgehead atoms. The number of nitrogens with one attached hydrogen (secondary N) is 1. The summed E-state index contributed by atoms with van der Waals surface area (Å²) in [5.74, 6) is -0.360. The minimum Gasteiger partial charge on any atom is -0.494 e. The van der Waals surface area contributed by atoms with E-state index in [0.29, 0.717) is 5.56 Å². The van der Waals surface area contributed by atoms with Gasteiger partial charge in [-0.3, -0.25) is 4.79 Å². The lowest BCUT2D eigenvalue weighted by molar-refractivity contribution is 0.0775. The number of hydrogen-bond acceptors (Lipinski definition) is 3. The molecular weight excluding hydrogens is 295 g/mol. The van der Waals surface area contributed by atoms with Crippen molar-refractivity contribution in [1.29, 1.82) is 0 Å². The van der Waals surface area contributed by atoms with Crippen LogP contribution in [0.5, 0.6) is 5.75 Å². The predicted octanol–water partition coefficient (Wildman–Crippen LogP) is 2.08. The van der Waals surface area contributed by atoms with Gasteiger partial charge in [0.15, 0.2) is 11.6 Å². The van der Waals surface area contributed by atoms with E-state index in [0.717, 1.165) is 39.0 Å². The molecule has 116 valence electrons. The summed E-state index contributed by atoms with van der Waals surface area (Å²) in [7, 11) is 1.40. The lowest BCUT2D eigenvalue weighted by atomic mass is 9.86. The minimum absolute atomic E-state index is 0. The summed E-state index contributed by atoms with van der Waals surface area (Å²) >= 11 is 0. The van der Waals surface area contributed by atoms with Crippen molar-refractivity contribution in [3.63, 3.8) is 0 Å². The fourth-order valence-corrected chi connectivity index (χ4v) is 3.23. The maximum absolute atomic E-state index is 13.4. The molecule has 0 radical (unpaired) electrons. The molecule has 2 heterocycles. The highest BCUT2D eigenvalue weighted by Gasteiger charge is 2.41. The molecule has 1 N–H and O–H groups in total. The lowest BCUT2D eigenvalue weighted by Gasteiger charge is -2.23. The smallest absolute Gasteiger partial charge is 0.254 e. The third-order valence-electron chi connectivity index (χ3n) is 4.46. The number of benzene rings is 1. The van der Waals surface area contributed by atoms with Gasteiger partial charge in [0.2, 0.25) is 0 Å². The molecular formula is C15H20ClFN2O2. The first-order valence-electron chi connectivity index (χ1n) is 6.97. The minimum atomic E-state index is -0.443. The summed E-state index contributed by atoms with van der Waals surface area (Å²) in [6.07, 6.45) is 2.17. The van der Waals surface area contributed by atoms with Gasteiger partial charge < -0.3 is 15.0 Å². The number of carbonyl (C=O) groups excluding carboxylic acids is 1. The average molecular weight is 315 g/mol. The Hall–Kier alpha value is -1.33. The first kappa shape index (κ1) is 16.0. The van der Waals surface area contributed by atoms with E-state index in [1.807, 2.05) is 4.90 Å². The Bertz CT molecular complexity index is 532. The van der Waals surface area contributed by atoms with Crippen LogP contribution in [0.4, 0.5) is 4.39 Å².